The molecule has 0 aliphatic rings. The lowest BCUT2D eigenvalue weighted by Crippen LogP contribution is -2.41. The number of aldehydes is 1. The average Bonchev–Trinajstić information content (AvgIpc) is 2.18. The topological polar surface area (TPSA) is 38.3 Å². The van der Waals surface area contributed by atoms with Gasteiger partial charge in [0, 0.05) is 5.54 Å². The molecule has 0 aromatic rings. The smallest absolute Gasteiger partial charge is 0.150 e. The molecule has 0 radical (unpaired) electrons. The van der Waals surface area contributed by atoms with Crippen LogP contribution < -0.4 is 5.48 Å². The summed E-state index contributed by atoms with van der Waals surface area (Å²) in [5.41, 5.74) is 2.94. The molecule has 3 heteroatoms. The lowest BCUT2D eigenvalue weighted by Gasteiger charge is -2.26. The number of unbranched alkanes of at least 4 members (excludes halogenated alkanes) is 1. The van der Waals surface area contributed by atoms with Gasteiger partial charge in [0.05, 0.1) is 0 Å². The second-order valence-electron chi connectivity index (χ2n) is 4.67. The van der Waals surface area contributed by atoms with E-state index in [0.29, 0.717) is 0 Å². The van der Waals surface area contributed by atoms with Crippen LogP contribution in [0.2, 0.25) is 0 Å². The van der Waals surface area contributed by atoms with Gasteiger partial charge >= 0.3 is 0 Å². The number of hydrogen-bond acceptors (Lipinski definition) is 3. The van der Waals surface area contributed by atoms with Gasteiger partial charge in [-0.1, -0.05) is 33.1 Å². The lowest BCUT2D eigenvalue weighted by molar-refractivity contribution is -0.129. The number of hydrogen-bond donors (Lipinski definition) is 1. The van der Waals surface area contributed by atoms with Crippen LogP contribution in [0.4, 0.5) is 0 Å². The summed E-state index contributed by atoms with van der Waals surface area (Å²) in [4.78, 5) is 16.1. The quantitative estimate of drug-likeness (QED) is 0.475. The minimum Gasteiger partial charge on any atom is -0.300 e. The van der Waals surface area contributed by atoms with Gasteiger partial charge in [-0.2, -0.15) is 5.48 Å². The Morgan fingerprint density at radius 2 is 2.00 bits per heavy atom. The molecule has 0 aromatic carbocycles. The molecule has 0 aliphatic heterocycles. The average molecular weight is 215 g/mol. The summed E-state index contributed by atoms with van der Waals surface area (Å²) in [6, 6.07) is 0. The molecule has 1 N–H and O–H groups in total. The van der Waals surface area contributed by atoms with Crippen LogP contribution >= 0.6 is 0 Å². The first-order valence-corrected chi connectivity index (χ1v) is 5.93. The van der Waals surface area contributed by atoms with E-state index in [9.17, 15) is 4.79 Å². The molecule has 0 saturated carbocycles. The summed E-state index contributed by atoms with van der Waals surface area (Å²) in [6.45, 7) is 8.41. The standard InChI is InChI=1S/C12H25NO2/c1-5-7-8-11(10-14)15-13-12(3,4)9-6-2/h10-11,13H,5-9H2,1-4H3. The third kappa shape index (κ3) is 7.51. The maximum atomic E-state index is 10.7. The molecule has 0 amide bonds. The number of carbonyl (C=O) groups is 1. The highest BCUT2D eigenvalue weighted by molar-refractivity contribution is 5.55. The van der Waals surface area contributed by atoms with Crippen LogP contribution in [0.15, 0.2) is 0 Å². The van der Waals surface area contributed by atoms with Crippen molar-refractivity contribution in [3.05, 3.63) is 0 Å². The monoisotopic (exact) mass is 215 g/mol. The SMILES string of the molecule is CCCCC(C=O)ONC(C)(C)CCC. The molecule has 0 rings (SSSR count). The van der Waals surface area contributed by atoms with Gasteiger partial charge < -0.3 is 4.79 Å². The molecule has 1 atom stereocenters. The van der Waals surface area contributed by atoms with Crippen molar-refractivity contribution in [2.24, 2.45) is 0 Å². The van der Waals surface area contributed by atoms with Crippen molar-refractivity contribution < 1.29 is 9.63 Å². The molecular weight excluding hydrogens is 190 g/mol. The second kappa shape index (κ2) is 7.83. The summed E-state index contributed by atoms with van der Waals surface area (Å²) in [5.74, 6) is 0. The van der Waals surface area contributed by atoms with Crippen molar-refractivity contribution >= 4 is 6.29 Å². The van der Waals surface area contributed by atoms with E-state index in [-0.39, 0.29) is 11.6 Å². The van der Waals surface area contributed by atoms with E-state index in [1.807, 2.05) is 0 Å². The molecule has 1 unspecified atom stereocenters. The van der Waals surface area contributed by atoms with Gasteiger partial charge in [0.25, 0.3) is 0 Å². The van der Waals surface area contributed by atoms with E-state index in [0.717, 1.165) is 38.4 Å². The first-order valence-electron chi connectivity index (χ1n) is 5.93. The molecule has 0 heterocycles. The van der Waals surface area contributed by atoms with E-state index in [4.69, 9.17) is 4.84 Å². The van der Waals surface area contributed by atoms with E-state index in [1.165, 1.54) is 0 Å². The minimum absolute atomic E-state index is 0.0533. The maximum Gasteiger partial charge on any atom is 0.150 e. The zero-order valence-electron chi connectivity index (χ0n) is 10.5. The van der Waals surface area contributed by atoms with Gasteiger partial charge in [0.15, 0.2) is 6.29 Å². The molecule has 0 saturated heterocycles. The normalized spacial score (nSPS) is 13.9. The highest BCUT2D eigenvalue weighted by Crippen LogP contribution is 2.12. The van der Waals surface area contributed by atoms with Gasteiger partial charge in [-0.15, -0.1) is 0 Å². The molecule has 0 fully saturated rings. The first kappa shape index (κ1) is 14.6. The Kier molecular flexibility index (Phi) is 7.61. The zero-order chi connectivity index (χ0) is 11.7. The van der Waals surface area contributed by atoms with E-state index in [1.54, 1.807) is 0 Å². The molecule has 0 aliphatic carbocycles. The van der Waals surface area contributed by atoms with Gasteiger partial charge in [-0.25, -0.2) is 0 Å². The Morgan fingerprint density at radius 1 is 1.33 bits per heavy atom. The van der Waals surface area contributed by atoms with Crippen LogP contribution in [0.3, 0.4) is 0 Å². The fourth-order valence-electron chi connectivity index (χ4n) is 1.47. The summed E-state index contributed by atoms with van der Waals surface area (Å²) in [6.07, 6.45) is 5.63. The first-order chi connectivity index (χ1) is 7.05. The predicted molar refractivity (Wildman–Crippen MR) is 62.6 cm³/mol. The Bertz CT molecular complexity index is 169. The van der Waals surface area contributed by atoms with Crippen LogP contribution in [0.1, 0.15) is 59.8 Å². The molecule has 15 heavy (non-hydrogen) atoms. The number of hydroxylamine groups is 1. The van der Waals surface area contributed by atoms with Gasteiger partial charge in [-0.3, -0.25) is 4.84 Å². The Hall–Kier alpha value is -0.410. The van der Waals surface area contributed by atoms with Crippen molar-refractivity contribution in [2.45, 2.75) is 71.4 Å². The van der Waals surface area contributed by atoms with Crippen molar-refractivity contribution in [1.29, 1.82) is 0 Å². The fourth-order valence-corrected chi connectivity index (χ4v) is 1.47. The number of carbonyl (C=O) groups excluding carboxylic acids is 1. The summed E-state index contributed by atoms with van der Waals surface area (Å²) in [5, 5.41) is 0. The highest BCUT2D eigenvalue weighted by Gasteiger charge is 2.18. The molecule has 0 spiro atoms. The number of nitrogens with one attached hydrogen (secondary N) is 1. The Morgan fingerprint density at radius 3 is 2.47 bits per heavy atom. The van der Waals surface area contributed by atoms with Gasteiger partial charge in [0.2, 0.25) is 0 Å². The lowest BCUT2D eigenvalue weighted by atomic mass is 10.0. The van der Waals surface area contributed by atoms with Crippen LogP contribution in [0.5, 0.6) is 0 Å². The van der Waals surface area contributed by atoms with E-state index >= 15 is 0 Å². The Balaban J connectivity index is 3.82. The van der Waals surface area contributed by atoms with Crippen molar-refractivity contribution in [3.8, 4) is 0 Å². The molecule has 0 bridgehead atoms. The summed E-state index contributed by atoms with van der Waals surface area (Å²) < 4.78 is 0. The second-order valence-corrected chi connectivity index (χ2v) is 4.67. The van der Waals surface area contributed by atoms with Crippen molar-refractivity contribution in [2.75, 3.05) is 0 Å². The van der Waals surface area contributed by atoms with Crippen LogP contribution in [-0.4, -0.2) is 17.9 Å². The van der Waals surface area contributed by atoms with Crippen LogP contribution in [-0.2, 0) is 9.63 Å². The molecular formula is C12H25NO2. The molecule has 0 aromatic heterocycles. The van der Waals surface area contributed by atoms with Crippen LogP contribution in [0.25, 0.3) is 0 Å². The van der Waals surface area contributed by atoms with E-state index < -0.39 is 0 Å². The number of rotatable bonds is 9. The molecule has 3 nitrogen and oxygen atoms in total. The predicted octanol–water partition coefficient (Wildman–Crippen LogP) is 2.84. The van der Waals surface area contributed by atoms with Crippen molar-refractivity contribution in [1.82, 2.24) is 5.48 Å². The third-order valence-electron chi connectivity index (χ3n) is 2.36. The van der Waals surface area contributed by atoms with E-state index in [2.05, 4.69) is 33.2 Å². The van der Waals surface area contributed by atoms with Gasteiger partial charge in [-0.05, 0) is 26.7 Å². The Labute approximate surface area is 93.5 Å². The highest BCUT2D eigenvalue weighted by atomic mass is 16.7. The maximum absolute atomic E-state index is 10.7. The molecule has 90 valence electrons. The van der Waals surface area contributed by atoms with Gasteiger partial charge in [0.1, 0.15) is 6.10 Å². The zero-order valence-corrected chi connectivity index (χ0v) is 10.5. The minimum atomic E-state index is -0.305. The van der Waals surface area contributed by atoms with Crippen LogP contribution in [0, 0.1) is 0 Å². The largest absolute Gasteiger partial charge is 0.300 e. The third-order valence-corrected chi connectivity index (χ3v) is 2.36. The summed E-state index contributed by atoms with van der Waals surface area (Å²) in [7, 11) is 0. The van der Waals surface area contributed by atoms with Crippen molar-refractivity contribution in [3.63, 3.8) is 0 Å². The summed E-state index contributed by atoms with van der Waals surface area (Å²) >= 11 is 0. The fraction of sp³-hybridized carbons (Fsp3) is 0.917.